The third-order valence-corrected chi connectivity index (χ3v) is 5.88. The van der Waals surface area contributed by atoms with Gasteiger partial charge in [-0.2, -0.15) is 0 Å². The van der Waals surface area contributed by atoms with Gasteiger partial charge in [0, 0.05) is 31.5 Å². The molecule has 2 aliphatic rings. The first-order valence-corrected chi connectivity index (χ1v) is 9.34. The van der Waals surface area contributed by atoms with Gasteiger partial charge in [-0.15, -0.1) is 0 Å². The summed E-state index contributed by atoms with van der Waals surface area (Å²) in [6.45, 7) is 3.98. The number of nitrogens with one attached hydrogen (secondary N) is 1. The first-order valence-electron chi connectivity index (χ1n) is 7.80. The van der Waals surface area contributed by atoms with Crippen molar-refractivity contribution in [3.63, 3.8) is 0 Å². The lowest BCUT2D eigenvalue weighted by Gasteiger charge is -2.19. The molecule has 3 rings (SSSR count). The molecule has 0 amide bonds. The van der Waals surface area contributed by atoms with E-state index in [9.17, 15) is 8.42 Å². The van der Waals surface area contributed by atoms with Crippen LogP contribution in [-0.4, -0.2) is 49.4 Å². The highest BCUT2D eigenvalue weighted by molar-refractivity contribution is 7.90. The maximum atomic E-state index is 12.0. The first-order chi connectivity index (χ1) is 10.6. The Morgan fingerprint density at radius 3 is 2.82 bits per heavy atom. The van der Waals surface area contributed by atoms with Gasteiger partial charge in [-0.25, -0.2) is 23.1 Å². The van der Waals surface area contributed by atoms with Crippen molar-refractivity contribution in [1.29, 1.82) is 0 Å². The molecule has 1 N–H and O–H groups in total. The van der Waals surface area contributed by atoms with E-state index in [2.05, 4.69) is 14.7 Å². The maximum absolute atomic E-state index is 12.0. The zero-order valence-corrected chi connectivity index (χ0v) is 13.6. The molecule has 1 aromatic rings. The largest absolute Gasteiger partial charge is 0.475 e. The average Bonchev–Trinajstić information content (AvgIpc) is 3.28. The Hall–Kier alpha value is -1.41. The molecule has 122 valence electrons. The van der Waals surface area contributed by atoms with E-state index in [0.717, 1.165) is 32.2 Å². The minimum atomic E-state index is -3.14. The van der Waals surface area contributed by atoms with Gasteiger partial charge in [-0.1, -0.05) is 6.92 Å². The summed E-state index contributed by atoms with van der Waals surface area (Å²) in [5, 5.41) is -0.179. The molecule has 2 fully saturated rings. The van der Waals surface area contributed by atoms with E-state index in [1.54, 1.807) is 12.4 Å². The van der Waals surface area contributed by atoms with Gasteiger partial charge in [0.25, 0.3) is 5.88 Å². The van der Waals surface area contributed by atoms with Gasteiger partial charge in [-0.3, -0.25) is 0 Å². The summed E-state index contributed by atoms with van der Waals surface area (Å²) < 4.78 is 32.5. The van der Waals surface area contributed by atoms with Gasteiger partial charge in [0.1, 0.15) is 0 Å². The number of sulfonamides is 1. The maximum Gasteiger partial charge on any atom is 0.257 e. The number of ether oxygens (including phenoxy) is 1. The molecule has 8 heteroatoms. The minimum absolute atomic E-state index is 0.0633. The Morgan fingerprint density at radius 2 is 2.09 bits per heavy atom. The molecule has 1 atom stereocenters. The van der Waals surface area contributed by atoms with Crippen LogP contribution in [0.25, 0.3) is 0 Å². The van der Waals surface area contributed by atoms with Crippen molar-refractivity contribution >= 4 is 15.8 Å². The van der Waals surface area contributed by atoms with E-state index in [-0.39, 0.29) is 11.3 Å². The smallest absolute Gasteiger partial charge is 0.257 e. The second kappa shape index (κ2) is 6.37. The predicted octanol–water partition coefficient (Wildman–Crippen LogP) is 0.926. The fraction of sp³-hybridized carbons (Fsp3) is 0.714. The van der Waals surface area contributed by atoms with Crippen LogP contribution in [0.3, 0.4) is 0 Å². The lowest BCUT2D eigenvalue weighted by Crippen LogP contribution is -2.39. The molecule has 0 radical (unpaired) electrons. The van der Waals surface area contributed by atoms with E-state index in [0.29, 0.717) is 24.8 Å². The molecule has 1 saturated heterocycles. The standard InChI is InChI=1S/C14H22N4O3S/c1-2-9-21-14-13(15-6-7-16-14)18-8-5-11(10-18)17-22(19,20)12-3-4-12/h6-7,11-12,17H,2-5,8-10H2,1H3. The fourth-order valence-corrected chi connectivity index (χ4v) is 4.20. The highest BCUT2D eigenvalue weighted by Crippen LogP contribution is 2.30. The molecule has 1 unspecified atom stereocenters. The molecule has 7 nitrogen and oxygen atoms in total. The Labute approximate surface area is 131 Å². The average molecular weight is 326 g/mol. The monoisotopic (exact) mass is 326 g/mol. The van der Waals surface area contributed by atoms with Crippen LogP contribution in [0.5, 0.6) is 5.88 Å². The summed E-state index contributed by atoms with van der Waals surface area (Å²) in [5.74, 6) is 1.22. The fourth-order valence-electron chi connectivity index (χ4n) is 2.59. The van der Waals surface area contributed by atoms with Crippen LogP contribution >= 0.6 is 0 Å². The van der Waals surface area contributed by atoms with E-state index < -0.39 is 10.0 Å². The van der Waals surface area contributed by atoms with Crippen molar-refractivity contribution in [1.82, 2.24) is 14.7 Å². The van der Waals surface area contributed by atoms with Crippen molar-refractivity contribution < 1.29 is 13.2 Å². The van der Waals surface area contributed by atoms with Crippen LogP contribution in [0.4, 0.5) is 5.82 Å². The normalized spacial score (nSPS) is 22.0. The quantitative estimate of drug-likeness (QED) is 0.802. The Bertz CT molecular complexity index is 618. The second-order valence-corrected chi connectivity index (χ2v) is 7.82. The highest BCUT2D eigenvalue weighted by Gasteiger charge is 2.38. The Morgan fingerprint density at radius 1 is 1.32 bits per heavy atom. The minimum Gasteiger partial charge on any atom is -0.475 e. The van der Waals surface area contributed by atoms with Crippen LogP contribution in [0, 0.1) is 0 Å². The molecule has 1 aliphatic heterocycles. The van der Waals surface area contributed by atoms with E-state index >= 15 is 0 Å². The number of anilines is 1. The van der Waals surface area contributed by atoms with Crippen molar-refractivity contribution in [2.45, 2.75) is 43.9 Å². The number of hydrogen-bond acceptors (Lipinski definition) is 6. The molecule has 2 heterocycles. The number of aromatic nitrogens is 2. The van der Waals surface area contributed by atoms with Gasteiger partial charge in [-0.05, 0) is 25.7 Å². The van der Waals surface area contributed by atoms with E-state index in [1.165, 1.54) is 0 Å². The number of rotatable bonds is 7. The van der Waals surface area contributed by atoms with Crippen molar-refractivity contribution in [3.8, 4) is 5.88 Å². The Kier molecular flexibility index (Phi) is 4.49. The molecule has 1 saturated carbocycles. The molecule has 22 heavy (non-hydrogen) atoms. The molecule has 0 aromatic carbocycles. The zero-order chi connectivity index (χ0) is 15.6. The number of nitrogens with zero attached hydrogens (tertiary/aromatic N) is 3. The van der Waals surface area contributed by atoms with Crippen LogP contribution in [0.1, 0.15) is 32.6 Å². The van der Waals surface area contributed by atoms with Gasteiger partial charge in [0.05, 0.1) is 11.9 Å². The third-order valence-electron chi connectivity index (χ3n) is 3.87. The topological polar surface area (TPSA) is 84.4 Å². The highest BCUT2D eigenvalue weighted by atomic mass is 32.2. The van der Waals surface area contributed by atoms with Crippen molar-refractivity contribution in [2.24, 2.45) is 0 Å². The summed E-state index contributed by atoms with van der Waals surface area (Å²) in [5.41, 5.74) is 0. The lowest BCUT2D eigenvalue weighted by molar-refractivity contribution is 0.304. The number of hydrogen-bond donors (Lipinski definition) is 1. The molecule has 1 aliphatic carbocycles. The van der Waals surface area contributed by atoms with Crippen LogP contribution in [-0.2, 0) is 10.0 Å². The second-order valence-electron chi connectivity index (χ2n) is 5.83. The van der Waals surface area contributed by atoms with Crippen LogP contribution in [0.2, 0.25) is 0 Å². The summed E-state index contributed by atoms with van der Waals surface area (Å²) in [6, 6.07) is -0.0633. The van der Waals surface area contributed by atoms with Crippen LogP contribution < -0.4 is 14.4 Å². The summed E-state index contributed by atoms with van der Waals surface area (Å²) >= 11 is 0. The molecular weight excluding hydrogens is 304 g/mol. The molecule has 0 spiro atoms. The van der Waals surface area contributed by atoms with Crippen molar-refractivity contribution in [2.75, 3.05) is 24.6 Å². The predicted molar refractivity (Wildman–Crippen MR) is 83.5 cm³/mol. The van der Waals surface area contributed by atoms with Crippen molar-refractivity contribution in [3.05, 3.63) is 12.4 Å². The molecule has 0 bridgehead atoms. The Balaban J connectivity index is 1.65. The summed E-state index contributed by atoms with van der Waals surface area (Å²) in [7, 11) is -3.14. The van der Waals surface area contributed by atoms with Gasteiger partial charge in [0.15, 0.2) is 5.82 Å². The lowest BCUT2D eigenvalue weighted by atomic mass is 10.3. The van der Waals surface area contributed by atoms with Crippen LogP contribution in [0.15, 0.2) is 12.4 Å². The van der Waals surface area contributed by atoms with E-state index in [1.807, 2.05) is 11.8 Å². The summed E-state index contributed by atoms with van der Waals surface area (Å²) in [6.07, 6.45) is 6.49. The third kappa shape index (κ3) is 3.49. The van der Waals surface area contributed by atoms with Gasteiger partial charge in [0.2, 0.25) is 10.0 Å². The first kappa shape index (κ1) is 15.5. The van der Waals surface area contributed by atoms with Gasteiger partial charge < -0.3 is 9.64 Å². The molecule has 1 aromatic heterocycles. The zero-order valence-electron chi connectivity index (χ0n) is 12.7. The van der Waals surface area contributed by atoms with E-state index in [4.69, 9.17) is 4.74 Å². The summed E-state index contributed by atoms with van der Waals surface area (Å²) in [4.78, 5) is 10.6. The SMILES string of the molecule is CCCOc1nccnc1N1CCC(NS(=O)(=O)C2CC2)C1. The molecular formula is C14H22N4O3S. The van der Waals surface area contributed by atoms with Gasteiger partial charge >= 0.3 is 0 Å².